The molecule has 2 aromatic carbocycles. The molecule has 2 aliphatic heterocycles. The second kappa shape index (κ2) is 5.60. The fourth-order valence-corrected chi connectivity index (χ4v) is 3.96. The van der Waals surface area contributed by atoms with Crippen molar-refractivity contribution >= 4 is 39.7 Å². The number of aliphatic imine (C=N–C) groups is 1. The summed E-state index contributed by atoms with van der Waals surface area (Å²) in [7, 11) is 1.67. The van der Waals surface area contributed by atoms with Crippen LogP contribution in [0, 0.1) is 0 Å². The molecular formula is C19H14N4OS. The van der Waals surface area contributed by atoms with Crippen molar-refractivity contribution in [3.63, 3.8) is 0 Å². The van der Waals surface area contributed by atoms with Crippen LogP contribution in [0.3, 0.4) is 0 Å². The Morgan fingerprint density at radius 3 is 2.80 bits per heavy atom. The molecule has 122 valence electrons. The Morgan fingerprint density at radius 1 is 1.08 bits per heavy atom. The van der Waals surface area contributed by atoms with Crippen molar-refractivity contribution in [1.29, 1.82) is 0 Å². The maximum Gasteiger partial charge on any atom is 0.196 e. The minimum absolute atomic E-state index is 0.0918. The fraction of sp³-hybridized carbons (Fsp3) is 0.105. The lowest BCUT2D eigenvalue weighted by Crippen LogP contribution is -2.27. The van der Waals surface area contributed by atoms with Gasteiger partial charge in [0, 0.05) is 22.7 Å². The molecule has 1 aromatic heterocycles. The molecule has 6 heteroatoms. The predicted octanol–water partition coefficient (Wildman–Crippen LogP) is 3.87. The molecular weight excluding hydrogens is 332 g/mol. The maximum absolute atomic E-state index is 5.30. The van der Waals surface area contributed by atoms with Gasteiger partial charge in [0.2, 0.25) is 0 Å². The van der Waals surface area contributed by atoms with E-state index in [0.717, 1.165) is 38.6 Å². The van der Waals surface area contributed by atoms with Crippen LogP contribution >= 0.6 is 11.8 Å². The Kier molecular flexibility index (Phi) is 3.24. The summed E-state index contributed by atoms with van der Waals surface area (Å²) in [6.45, 7) is 0. The normalized spacial score (nSPS) is 18.0. The highest BCUT2D eigenvalue weighted by Crippen LogP contribution is 2.38. The van der Waals surface area contributed by atoms with Crippen LogP contribution < -0.4 is 9.75 Å². The van der Waals surface area contributed by atoms with Gasteiger partial charge in [-0.05, 0) is 24.3 Å². The lowest BCUT2D eigenvalue weighted by Gasteiger charge is -2.23. The highest BCUT2D eigenvalue weighted by molar-refractivity contribution is 8.15. The van der Waals surface area contributed by atoms with E-state index in [0.29, 0.717) is 0 Å². The molecule has 25 heavy (non-hydrogen) atoms. The SMILES string of the molecule is COc1ccc2nc3c(cc2c1)C=NC1SC(c2ccccc2)=NN31. The van der Waals surface area contributed by atoms with E-state index in [1.54, 1.807) is 18.9 Å². The number of pyridine rings is 1. The molecule has 0 amide bonds. The lowest BCUT2D eigenvalue weighted by molar-refractivity contribution is 0.415. The van der Waals surface area contributed by atoms with E-state index in [1.165, 1.54) is 0 Å². The first-order valence-corrected chi connectivity index (χ1v) is 8.82. The first kappa shape index (κ1) is 14.5. The zero-order valence-corrected chi connectivity index (χ0v) is 14.3. The summed E-state index contributed by atoms with van der Waals surface area (Å²) in [6.07, 6.45) is 1.89. The van der Waals surface area contributed by atoms with E-state index in [9.17, 15) is 0 Å². The molecule has 0 aliphatic carbocycles. The summed E-state index contributed by atoms with van der Waals surface area (Å²) in [5.74, 6) is 1.66. The molecule has 0 radical (unpaired) electrons. The molecule has 5 nitrogen and oxygen atoms in total. The van der Waals surface area contributed by atoms with Crippen LogP contribution in [0.1, 0.15) is 11.1 Å². The van der Waals surface area contributed by atoms with Crippen molar-refractivity contribution in [3.8, 4) is 5.75 Å². The summed E-state index contributed by atoms with van der Waals surface area (Å²) in [6, 6.07) is 18.1. The second-order valence-electron chi connectivity index (χ2n) is 5.80. The van der Waals surface area contributed by atoms with Crippen molar-refractivity contribution in [1.82, 2.24) is 4.98 Å². The van der Waals surface area contributed by atoms with Crippen LogP contribution in [-0.2, 0) is 0 Å². The number of nitrogens with zero attached hydrogens (tertiary/aromatic N) is 4. The molecule has 3 heterocycles. The van der Waals surface area contributed by atoms with E-state index in [1.807, 2.05) is 47.6 Å². The largest absolute Gasteiger partial charge is 0.497 e. The second-order valence-corrected chi connectivity index (χ2v) is 6.84. The molecule has 0 saturated heterocycles. The van der Waals surface area contributed by atoms with Crippen LogP contribution in [0.2, 0.25) is 0 Å². The predicted molar refractivity (Wildman–Crippen MR) is 103 cm³/mol. The zero-order chi connectivity index (χ0) is 16.8. The number of benzene rings is 2. The molecule has 2 aliphatic rings. The Bertz CT molecular complexity index is 1030. The molecule has 1 atom stereocenters. The Labute approximate surface area is 149 Å². The van der Waals surface area contributed by atoms with Crippen LogP contribution in [-0.4, -0.2) is 28.8 Å². The van der Waals surface area contributed by atoms with Gasteiger partial charge in [-0.15, -0.1) is 0 Å². The number of fused-ring (bicyclic) bond motifs is 4. The number of thioether (sulfide) groups is 1. The number of aromatic nitrogens is 1. The first-order valence-electron chi connectivity index (χ1n) is 7.94. The van der Waals surface area contributed by atoms with Gasteiger partial charge in [0.05, 0.1) is 12.6 Å². The number of anilines is 1. The number of methoxy groups -OCH3 is 1. The number of hydrogen-bond donors (Lipinski definition) is 0. The summed E-state index contributed by atoms with van der Waals surface area (Å²) >= 11 is 1.64. The topological polar surface area (TPSA) is 50.1 Å². The zero-order valence-electron chi connectivity index (χ0n) is 13.5. The molecule has 0 saturated carbocycles. The van der Waals surface area contributed by atoms with E-state index in [2.05, 4.69) is 23.2 Å². The molecule has 0 N–H and O–H groups in total. The maximum atomic E-state index is 5.30. The highest BCUT2D eigenvalue weighted by atomic mass is 32.2. The molecule has 0 bridgehead atoms. The van der Waals surface area contributed by atoms with Crippen molar-refractivity contribution in [3.05, 3.63) is 65.7 Å². The third-order valence-electron chi connectivity index (χ3n) is 4.23. The summed E-state index contributed by atoms with van der Waals surface area (Å²) in [5.41, 5.74) is 2.90. The third kappa shape index (κ3) is 2.37. The van der Waals surface area contributed by atoms with Crippen LogP contribution in [0.15, 0.2) is 64.7 Å². The quantitative estimate of drug-likeness (QED) is 0.707. The average Bonchev–Trinajstić information content (AvgIpc) is 3.11. The number of rotatable bonds is 2. The van der Waals surface area contributed by atoms with Gasteiger partial charge in [-0.3, -0.25) is 4.99 Å². The molecule has 0 spiro atoms. The van der Waals surface area contributed by atoms with Gasteiger partial charge in [-0.2, -0.15) is 5.10 Å². The number of hydrazone groups is 1. The smallest absolute Gasteiger partial charge is 0.196 e. The lowest BCUT2D eigenvalue weighted by atomic mass is 10.1. The van der Waals surface area contributed by atoms with Crippen molar-refractivity contribution < 1.29 is 4.74 Å². The van der Waals surface area contributed by atoms with Crippen LogP contribution in [0.5, 0.6) is 5.75 Å². The summed E-state index contributed by atoms with van der Waals surface area (Å²) in [5, 5.41) is 8.68. The van der Waals surface area contributed by atoms with Gasteiger partial charge < -0.3 is 4.74 Å². The van der Waals surface area contributed by atoms with Crippen molar-refractivity contribution in [2.75, 3.05) is 12.1 Å². The van der Waals surface area contributed by atoms with E-state index in [4.69, 9.17) is 14.8 Å². The standard InChI is InChI=1S/C19H14N4OS/c1-24-15-7-8-16-13(10-15)9-14-11-20-19-23(17(14)21-16)22-18(25-19)12-5-3-2-4-6-12/h2-11,19H,1H3. The van der Waals surface area contributed by atoms with Gasteiger partial charge in [0.1, 0.15) is 10.8 Å². The van der Waals surface area contributed by atoms with Crippen molar-refractivity contribution in [2.45, 2.75) is 5.50 Å². The summed E-state index contributed by atoms with van der Waals surface area (Å²) < 4.78 is 5.30. The number of hydrogen-bond acceptors (Lipinski definition) is 6. The van der Waals surface area contributed by atoms with Crippen molar-refractivity contribution in [2.24, 2.45) is 10.1 Å². The number of ether oxygens (including phenoxy) is 1. The molecule has 5 rings (SSSR count). The van der Waals surface area contributed by atoms with E-state index in [-0.39, 0.29) is 5.50 Å². The first-order chi connectivity index (χ1) is 12.3. The van der Waals surface area contributed by atoms with Gasteiger partial charge in [-0.1, -0.05) is 42.1 Å². The summed E-state index contributed by atoms with van der Waals surface area (Å²) in [4.78, 5) is 9.46. The van der Waals surface area contributed by atoms with Gasteiger partial charge >= 0.3 is 0 Å². The van der Waals surface area contributed by atoms with Crippen LogP contribution in [0.4, 0.5) is 5.82 Å². The van der Waals surface area contributed by atoms with Crippen LogP contribution in [0.25, 0.3) is 10.9 Å². The minimum atomic E-state index is -0.0918. The van der Waals surface area contributed by atoms with Gasteiger partial charge in [-0.25, -0.2) is 9.99 Å². The van der Waals surface area contributed by atoms with Gasteiger partial charge in [0.15, 0.2) is 11.3 Å². The minimum Gasteiger partial charge on any atom is -0.497 e. The molecule has 1 unspecified atom stereocenters. The van der Waals surface area contributed by atoms with E-state index >= 15 is 0 Å². The van der Waals surface area contributed by atoms with E-state index < -0.39 is 0 Å². The molecule has 0 fully saturated rings. The molecule has 3 aromatic rings. The Balaban J connectivity index is 1.61. The monoisotopic (exact) mass is 346 g/mol. The van der Waals surface area contributed by atoms with Gasteiger partial charge in [0.25, 0.3) is 0 Å². The third-order valence-corrected chi connectivity index (χ3v) is 5.31. The average molecular weight is 346 g/mol. The Hall–Kier alpha value is -2.86. The fourth-order valence-electron chi connectivity index (χ4n) is 2.98. The highest BCUT2D eigenvalue weighted by Gasteiger charge is 2.33. The Morgan fingerprint density at radius 2 is 1.96 bits per heavy atom.